The molecular formula is C20H20F4O. The summed E-state index contributed by atoms with van der Waals surface area (Å²) in [6.45, 7) is 1.66. The Balaban J connectivity index is 2.04. The molecule has 5 heteroatoms. The van der Waals surface area contributed by atoms with Crippen LogP contribution in [0.4, 0.5) is 17.6 Å². The van der Waals surface area contributed by atoms with Gasteiger partial charge in [-0.1, -0.05) is 24.3 Å². The highest BCUT2D eigenvalue weighted by atomic mass is 19.4. The summed E-state index contributed by atoms with van der Waals surface area (Å²) in [5, 5.41) is 9.54. The van der Waals surface area contributed by atoms with Crippen LogP contribution in [0.3, 0.4) is 0 Å². The number of alkyl halides is 3. The second-order valence-electron chi connectivity index (χ2n) is 6.91. The largest absolute Gasteiger partial charge is 0.508 e. The summed E-state index contributed by atoms with van der Waals surface area (Å²) >= 11 is 0. The highest BCUT2D eigenvalue weighted by molar-refractivity contribution is 5.43. The van der Waals surface area contributed by atoms with Crippen molar-refractivity contribution in [1.29, 1.82) is 0 Å². The molecule has 0 unspecified atom stereocenters. The van der Waals surface area contributed by atoms with Crippen molar-refractivity contribution < 1.29 is 22.7 Å². The van der Waals surface area contributed by atoms with Gasteiger partial charge in [0.1, 0.15) is 11.6 Å². The number of phenolic OH excluding ortho intramolecular Hbond substituents is 1. The number of aromatic hydroxyl groups is 1. The van der Waals surface area contributed by atoms with Crippen LogP contribution < -0.4 is 0 Å². The van der Waals surface area contributed by atoms with Gasteiger partial charge in [0.15, 0.2) is 0 Å². The fourth-order valence-corrected chi connectivity index (χ4v) is 3.90. The predicted molar refractivity (Wildman–Crippen MR) is 88.0 cm³/mol. The zero-order valence-electron chi connectivity index (χ0n) is 13.9. The van der Waals surface area contributed by atoms with Crippen LogP contribution in [-0.2, 0) is 5.41 Å². The molecular weight excluding hydrogens is 332 g/mol. The first-order chi connectivity index (χ1) is 11.7. The lowest BCUT2D eigenvalue weighted by atomic mass is 9.63. The first-order valence-corrected chi connectivity index (χ1v) is 8.35. The number of hydrogen-bond acceptors (Lipinski definition) is 1. The van der Waals surface area contributed by atoms with Crippen LogP contribution in [0.25, 0.3) is 0 Å². The Morgan fingerprint density at radius 2 is 1.52 bits per heavy atom. The van der Waals surface area contributed by atoms with Crippen molar-refractivity contribution in [3.63, 3.8) is 0 Å². The Kier molecular flexibility index (Phi) is 4.52. The van der Waals surface area contributed by atoms with Gasteiger partial charge < -0.3 is 5.11 Å². The number of halogens is 4. The highest BCUT2D eigenvalue weighted by Crippen LogP contribution is 2.50. The third-order valence-electron chi connectivity index (χ3n) is 5.43. The van der Waals surface area contributed by atoms with E-state index in [9.17, 15) is 22.7 Å². The van der Waals surface area contributed by atoms with Crippen LogP contribution in [0.5, 0.6) is 5.75 Å². The van der Waals surface area contributed by atoms with Gasteiger partial charge in [0.05, 0.1) is 5.92 Å². The van der Waals surface area contributed by atoms with E-state index in [1.165, 1.54) is 6.07 Å². The van der Waals surface area contributed by atoms with E-state index in [1.807, 2.05) is 0 Å². The quantitative estimate of drug-likeness (QED) is 0.669. The summed E-state index contributed by atoms with van der Waals surface area (Å²) in [4.78, 5) is 0. The van der Waals surface area contributed by atoms with Crippen molar-refractivity contribution >= 4 is 0 Å². The molecule has 0 aromatic heterocycles. The first-order valence-electron chi connectivity index (χ1n) is 8.35. The molecule has 3 rings (SSSR count). The molecule has 0 amide bonds. The summed E-state index contributed by atoms with van der Waals surface area (Å²) in [6, 6.07) is 11.4. The first kappa shape index (κ1) is 17.8. The fraction of sp³-hybridized carbons (Fsp3) is 0.400. The van der Waals surface area contributed by atoms with Gasteiger partial charge in [-0.15, -0.1) is 0 Å². The number of rotatable bonds is 2. The van der Waals surface area contributed by atoms with E-state index in [4.69, 9.17) is 0 Å². The molecule has 25 heavy (non-hydrogen) atoms. The summed E-state index contributed by atoms with van der Waals surface area (Å²) in [5.74, 6) is -1.51. The van der Waals surface area contributed by atoms with Crippen LogP contribution >= 0.6 is 0 Å². The number of aryl methyl sites for hydroxylation is 1. The molecule has 1 saturated carbocycles. The van der Waals surface area contributed by atoms with Gasteiger partial charge in [-0.2, -0.15) is 13.2 Å². The molecule has 1 aliphatic rings. The van der Waals surface area contributed by atoms with Gasteiger partial charge in [0.2, 0.25) is 0 Å². The SMILES string of the molecule is Cc1cc([C@]2(c3ccc(O)cc3)CC[C@H](C(F)(F)F)CC2)ccc1F. The third-order valence-corrected chi connectivity index (χ3v) is 5.43. The topological polar surface area (TPSA) is 20.2 Å². The van der Waals surface area contributed by atoms with Crippen molar-refractivity contribution in [2.75, 3.05) is 0 Å². The van der Waals surface area contributed by atoms with Crippen molar-refractivity contribution in [1.82, 2.24) is 0 Å². The minimum absolute atomic E-state index is 0.0425. The smallest absolute Gasteiger partial charge is 0.391 e. The molecule has 0 heterocycles. The molecule has 0 saturated heterocycles. The van der Waals surface area contributed by atoms with Crippen molar-refractivity contribution in [2.45, 2.75) is 44.2 Å². The monoisotopic (exact) mass is 352 g/mol. The van der Waals surface area contributed by atoms with Crippen LogP contribution in [0.1, 0.15) is 42.4 Å². The van der Waals surface area contributed by atoms with Crippen molar-refractivity contribution in [2.24, 2.45) is 5.92 Å². The van der Waals surface area contributed by atoms with Crippen molar-refractivity contribution in [3.05, 3.63) is 65.0 Å². The van der Waals surface area contributed by atoms with Crippen LogP contribution in [0.2, 0.25) is 0 Å². The minimum atomic E-state index is -4.18. The van der Waals surface area contributed by atoms with E-state index in [0.29, 0.717) is 18.4 Å². The second kappa shape index (κ2) is 6.36. The molecule has 0 radical (unpaired) electrons. The minimum Gasteiger partial charge on any atom is -0.508 e. The summed E-state index contributed by atoms with van der Waals surface area (Å²) in [6.07, 6.45) is -3.42. The van der Waals surface area contributed by atoms with E-state index >= 15 is 0 Å². The number of phenols is 1. The predicted octanol–water partition coefficient (Wildman–Crippen LogP) is 5.88. The van der Waals surface area contributed by atoms with Gasteiger partial charge in [0, 0.05) is 5.41 Å². The van der Waals surface area contributed by atoms with Crippen LogP contribution in [-0.4, -0.2) is 11.3 Å². The molecule has 0 spiro atoms. The van der Waals surface area contributed by atoms with Crippen LogP contribution in [0.15, 0.2) is 42.5 Å². The normalized spacial score (nSPS) is 24.3. The summed E-state index contributed by atoms with van der Waals surface area (Å²) in [5.41, 5.74) is 1.58. The number of benzene rings is 2. The Bertz CT molecular complexity index is 741. The molecule has 2 aromatic carbocycles. The lowest BCUT2D eigenvalue weighted by molar-refractivity contribution is -0.184. The maximum Gasteiger partial charge on any atom is 0.391 e. The number of hydrogen-bond donors (Lipinski definition) is 1. The van der Waals surface area contributed by atoms with E-state index in [1.54, 1.807) is 43.3 Å². The van der Waals surface area contributed by atoms with E-state index in [-0.39, 0.29) is 24.4 Å². The standard InChI is InChI=1S/C20H20F4O/c1-13-12-16(4-7-18(13)21)19(14-2-5-17(25)6-3-14)10-8-15(9-11-19)20(22,23)24/h2-7,12,15,25H,8-11H2,1H3/t15-,19+. The zero-order chi connectivity index (χ0) is 18.2. The third kappa shape index (κ3) is 3.37. The lowest BCUT2D eigenvalue weighted by Crippen LogP contribution is -2.37. The van der Waals surface area contributed by atoms with Crippen molar-refractivity contribution in [3.8, 4) is 5.75 Å². The molecule has 1 nitrogen and oxygen atoms in total. The zero-order valence-corrected chi connectivity index (χ0v) is 13.9. The Morgan fingerprint density at radius 3 is 2.04 bits per heavy atom. The Hall–Kier alpha value is -2.04. The lowest BCUT2D eigenvalue weighted by Gasteiger charge is -2.42. The van der Waals surface area contributed by atoms with Gasteiger partial charge >= 0.3 is 6.18 Å². The summed E-state index contributed by atoms with van der Waals surface area (Å²) < 4.78 is 52.9. The average Bonchev–Trinajstić information content (AvgIpc) is 2.57. The molecule has 134 valence electrons. The average molecular weight is 352 g/mol. The molecule has 1 fully saturated rings. The van der Waals surface area contributed by atoms with Gasteiger partial charge in [-0.3, -0.25) is 0 Å². The van der Waals surface area contributed by atoms with Crippen LogP contribution in [0, 0.1) is 18.7 Å². The molecule has 1 aliphatic carbocycles. The summed E-state index contributed by atoms with van der Waals surface area (Å²) in [7, 11) is 0. The molecule has 0 aliphatic heterocycles. The van der Waals surface area contributed by atoms with Gasteiger partial charge in [-0.25, -0.2) is 4.39 Å². The second-order valence-corrected chi connectivity index (χ2v) is 6.91. The molecule has 0 atom stereocenters. The maximum absolute atomic E-state index is 13.7. The molecule has 1 N–H and O–H groups in total. The Labute approximate surface area is 144 Å². The van der Waals surface area contributed by atoms with E-state index < -0.39 is 17.5 Å². The van der Waals surface area contributed by atoms with E-state index in [2.05, 4.69) is 0 Å². The van der Waals surface area contributed by atoms with Gasteiger partial charge in [0.25, 0.3) is 0 Å². The van der Waals surface area contributed by atoms with Gasteiger partial charge in [-0.05, 0) is 67.5 Å². The van der Waals surface area contributed by atoms with E-state index in [0.717, 1.165) is 11.1 Å². The molecule has 0 bridgehead atoms. The highest BCUT2D eigenvalue weighted by Gasteiger charge is 2.47. The fourth-order valence-electron chi connectivity index (χ4n) is 3.90. The Morgan fingerprint density at radius 1 is 0.960 bits per heavy atom. The maximum atomic E-state index is 13.7. The molecule has 2 aromatic rings.